The SMILES string of the molecule is C=CC(=O)O[C@]1(C)C[C@@H](C)CN(C)[C@H](C)[C@@H](O)[C@](C)(O)[C@@H](CC)OC(=O)[C@H](C)[C@@H](OC(=O)Cc2ccccn2)[C@H](C)[C@H]1O[C@@H]1O[C@H](C)C[C@H](N(C)C)[C@H]1O. The van der Waals surface area contributed by atoms with Crippen LogP contribution in [0.2, 0.25) is 0 Å². The van der Waals surface area contributed by atoms with E-state index in [-0.39, 0.29) is 37.3 Å². The summed E-state index contributed by atoms with van der Waals surface area (Å²) in [5, 5.41) is 34.9. The van der Waals surface area contributed by atoms with Crippen LogP contribution in [-0.2, 0) is 44.5 Å². The molecule has 2 aliphatic rings. The molecule has 3 rings (SSSR count). The van der Waals surface area contributed by atoms with Gasteiger partial charge in [-0.05, 0) is 93.1 Å². The third-order valence-corrected chi connectivity index (χ3v) is 11.2. The van der Waals surface area contributed by atoms with Crippen LogP contribution in [0.1, 0.15) is 80.3 Å². The number of nitrogens with zero attached hydrogens (tertiary/aromatic N) is 3. The van der Waals surface area contributed by atoms with Crippen molar-refractivity contribution in [3.8, 4) is 0 Å². The van der Waals surface area contributed by atoms with Gasteiger partial charge < -0.3 is 48.8 Å². The van der Waals surface area contributed by atoms with Crippen LogP contribution in [0.3, 0.4) is 0 Å². The van der Waals surface area contributed by atoms with Gasteiger partial charge in [-0.1, -0.05) is 33.4 Å². The zero-order valence-corrected chi connectivity index (χ0v) is 34.0. The van der Waals surface area contributed by atoms with Crippen molar-refractivity contribution in [2.45, 2.75) is 147 Å². The monoisotopic (exact) mass is 763 g/mol. The van der Waals surface area contributed by atoms with Crippen molar-refractivity contribution < 1.29 is 53.4 Å². The number of ether oxygens (including phenoxy) is 5. The van der Waals surface area contributed by atoms with Gasteiger partial charge >= 0.3 is 17.9 Å². The van der Waals surface area contributed by atoms with E-state index >= 15 is 0 Å². The molecule has 2 fully saturated rings. The quantitative estimate of drug-likeness (QED) is 0.190. The molecule has 0 aliphatic carbocycles. The summed E-state index contributed by atoms with van der Waals surface area (Å²) in [6.07, 6.45) is -4.20. The number of carbonyl (C=O) groups excluding carboxylic acids is 3. The van der Waals surface area contributed by atoms with Gasteiger partial charge in [0.1, 0.15) is 41.7 Å². The number of aliphatic hydroxyl groups is 3. The Bertz CT molecular complexity index is 1400. The number of pyridine rings is 1. The zero-order chi connectivity index (χ0) is 40.7. The summed E-state index contributed by atoms with van der Waals surface area (Å²) in [6.45, 7) is 17.8. The number of esters is 3. The molecule has 0 radical (unpaired) electrons. The van der Waals surface area contributed by atoms with Gasteiger partial charge in [-0.2, -0.15) is 0 Å². The number of cyclic esters (lactones) is 1. The predicted octanol–water partition coefficient (Wildman–Crippen LogP) is 2.90. The largest absolute Gasteiger partial charge is 0.461 e. The van der Waals surface area contributed by atoms with E-state index in [0.29, 0.717) is 18.7 Å². The lowest BCUT2D eigenvalue weighted by molar-refractivity contribution is -0.300. The molecule has 0 bridgehead atoms. The maximum atomic E-state index is 14.2. The molecule has 0 amide bonds. The second-order valence-electron chi connectivity index (χ2n) is 16.2. The summed E-state index contributed by atoms with van der Waals surface area (Å²) in [4.78, 5) is 49.0. The maximum Gasteiger partial charge on any atom is 0.330 e. The zero-order valence-electron chi connectivity index (χ0n) is 34.0. The fourth-order valence-corrected chi connectivity index (χ4v) is 8.12. The van der Waals surface area contributed by atoms with Gasteiger partial charge in [-0.15, -0.1) is 0 Å². The van der Waals surface area contributed by atoms with Crippen molar-refractivity contribution in [1.29, 1.82) is 0 Å². The van der Waals surface area contributed by atoms with E-state index in [4.69, 9.17) is 23.7 Å². The lowest BCUT2D eigenvalue weighted by Crippen LogP contribution is -2.60. The van der Waals surface area contributed by atoms with Gasteiger partial charge in [-0.3, -0.25) is 14.6 Å². The highest BCUT2D eigenvalue weighted by atomic mass is 16.7. The number of aliphatic hydroxyl groups excluding tert-OH is 2. The average molecular weight is 764 g/mol. The average Bonchev–Trinajstić information content (AvgIpc) is 3.11. The fourth-order valence-electron chi connectivity index (χ4n) is 8.12. The number of carbonyl (C=O) groups is 3. The molecule has 0 spiro atoms. The smallest absolute Gasteiger partial charge is 0.330 e. The Balaban J connectivity index is 2.26. The molecule has 1 aromatic rings. The molecular weight excluding hydrogens is 698 g/mol. The maximum absolute atomic E-state index is 14.2. The van der Waals surface area contributed by atoms with E-state index in [0.717, 1.165) is 6.08 Å². The minimum absolute atomic E-state index is 0.179. The van der Waals surface area contributed by atoms with Crippen molar-refractivity contribution in [2.24, 2.45) is 17.8 Å². The minimum Gasteiger partial charge on any atom is -0.461 e. The van der Waals surface area contributed by atoms with Gasteiger partial charge in [0.25, 0.3) is 0 Å². The summed E-state index contributed by atoms with van der Waals surface area (Å²) in [6, 6.07) is 4.22. The van der Waals surface area contributed by atoms with Crippen molar-refractivity contribution >= 4 is 17.9 Å². The van der Waals surface area contributed by atoms with Crippen molar-refractivity contribution in [2.75, 3.05) is 27.7 Å². The molecule has 2 aliphatic heterocycles. The third-order valence-electron chi connectivity index (χ3n) is 11.2. The first kappa shape index (κ1) is 45.4. The molecule has 3 heterocycles. The van der Waals surface area contributed by atoms with Gasteiger partial charge in [0.15, 0.2) is 6.29 Å². The Morgan fingerprint density at radius 1 is 1.15 bits per heavy atom. The fraction of sp³-hybridized carbons (Fsp3) is 0.750. The molecule has 0 unspecified atom stereocenters. The first-order valence-corrected chi connectivity index (χ1v) is 19.1. The second kappa shape index (κ2) is 19.2. The molecule has 0 saturated carbocycles. The Morgan fingerprint density at radius 3 is 2.39 bits per heavy atom. The number of likely N-dealkylation sites (N-methyl/N-ethyl adjacent to an activating group) is 2. The number of hydrogen-bond donors (Lipinski definition) is 3. The normalized spacial score (nSPS) is 39.1. The number of hydrogen-bond acceptors (Lipinski definition) is 14. The topological polar surface area (TPSA) is 177 Å². The third kappa shape index (κ3) is 11.1. The van der Waals surface area contributed by atoms with Gasteiger partial charge in [0.2, 0.25) is 0 Å². The van der Waals surface area contributed by atoms with Crippen LogP contribution in [0.4, 0.5) is 0 Å². The van der Waals surface area contributed by atoms with Crippen molar-refractivity contribution in [3.05, 3.63) is 42.7 Å². The van der Waals surface area contributed by atoms with E-state index in [2.05, 4.69) is 11.6 Å². The molecule has 1 aromatic heterocycles. The van der Waals surface area contributed by atoms with E-state index in [9.17, 15) is 29.7 Å². The van der Waals surface area contributed by atoms with Crippen LogP contribution in [0, 0.1) is 17.8 Å². The number of rotatable bonds is 9. The molecule has 14 nitrogen and oxygen atoms in total. The van der Waals surface area contributed by atoms with E-state index in [1.54, 1.807) is 59.0 Å². The van der Waals surface area contributed by atoms with Crippen LogP contribution >= 0.6 is 0 Å². The molecule has 14 atom stereocenters. The van der Waals surface area contributed by atoms with Gasteiger partial charge in [-0.25, -0.2) is 4.79 Å². The standard InChI is InChI=1S/C40H65N3O11/c1-13-30-40(9,49)35(47)27(7)43(12)22-23(3)21-39(8,54-31(44)14-2)36(53-38-33(46)29(42(10)11)19-24(4)50-38)25(5)34(26(6)37(48)51-30)52-32(45)20-28-17-15-16-18-41-28/h14-18,23-27,29-30,33-36,38,46-47,49H,2,13,19-22H2,1,3-12H3/t23-,24-,25+,26-,27-,29+,30-,33-,34+,35-,36-,38+,39-,40-/m1/s1. The Labute approximate surface area is 321 Å². The Kier molecular flexibility index (Phi) is 16.2. The van der Waals surface area contributed by atoms with Crippen LogP contribution in [0.25, 0.3) is 0 Å². The molecular formula is C40H65N3O11. The van der Waals surface area contributed by atoms with Crippen LogP contribution in [0.15, 0.2) is 37.1 Å². The Morgan fingerprint density at radius 2 is 1.81 bits per heavy atom. The highest BCUT2D eigenvalue weighted by Crippen LogP contribution is 2.39. The van der Waals surface area contributed by atoms with Crippen molar-refractivity contribution in [1.82, 2.24) is 14.8 Å². The molecule has 3 N–H and O–H groups in total. The summed E-state index contributed by atoms with van der Waals surface area (Å²) in [7, 11) is 5.52. The van der Waals surface area contributed by atoms with E-state index in [1.165, 1.54) is 6.92 Å². The van der Waals surface area contributed by atoms with Gasteiger partial charge in [0.05, 0.1) is 24.1 Å². The molecule has 14 heteroatoms. The summed E-state index contributed by atoms with van der Waals surface area (Å²) in [5.41, 5.74) is -2.89. The summed E-state index contributed by atoms with van der Waals surface area (Å²) in [5.74, 6) is -4.50. The van der Waals surface area contributed by atoms with Gasteiger partial charge in [0, 0.05) is 36.8 Å². The molecule has 54 heavy (non-hydrogen) atoms. The molecule has 2 saturated heterocycles. The second-order valence-corrected chi connectivity index (χ2v) is 16.2. The highest BCUT2D eigenvalue weighted by Gasteiger charge is 2.53. The predicted molar refractivity (Wildman–Crippen MR) is 201 cm³/mol. The first-order chi connectivity index (χ1) is 25.2. The molecule has 306 valence electrons. The van der Waals surface area contributed by atoms with Crippen LogP contribution in [-0.4, -0.2) is 142 Å². The van der Waals surface area contributed by atoms with Crippen LogP contribution in [0.5, 0.6) is 0 Å². The highest BCUT2D eigenvalue weighted by molar-refractivity contribution is 5.81. The number of aromatic nitrogens is 1. The Hall–Kier alpha value is -2.98. The first-order valence-electron chi connectivity index (χ1n) is 19.1. The van der Waals surface area contributed by atoms with Crippen molar-refractivity contribution in [3.63, 3.8) is 0 Å². The van der Waals surface area contributed by atoms with E-state index in [1.807, 2.05) is 44.8 Å². The van der Waals surface area contributed by atoms with Crippen LogP contribution < -0.4 is 0 Å². The van der Waals surface area contributed by atoms with E-state index < -0.39 is 83.8 Å². The minimum atomic E-state index is -1.86. The summed E-state index contributed by atoms with van der Waals surface area (Å²) < 4.78 is 31.4. The lowest BCUT2D eigenvalue weighted by Gasteiger charge is -2.48. The summed E-state index contributed by atoms with van der Waals surface area (Å²) >= 11 is 0. The molecule has 0 aromatic carbocycles. The lowest BCUT2D eigenvalue weighted by atomic mass is 9.77.